The van der Waals surface area contributed by atoms with Crippen molar-refractivity contribution < 1.29 is 8.42 Å². The highest BCUT2D eigenvalue weighted by molar-refractivity contribution is 7.91. The molecule has 2 rings (SSSR count). The third-order valence-electron chi connectivity index (χ3n) is 2.94. The first kappa shape index (κ1) is 15.2. The summed E-state index contributed by atoms with van der Waals surface area (Å²) in [4.78, 5) is 7.75. The lowest BCUT2D eigenvalue weighted by atomic mass is 10.4. The van der Waals surface area contributed by atoms with Crippen LogP contribution < -0.4 is 0 Å². The molecule has 6 heteroatoms. The molecule has 0 aliphatic carbocycles. The van der Waals surface area contributed by atoms with Crippen LogP contribution in [0, 0.1) is 6.92 Å². The third kappa shape index (κ3) is 4.13. The summed E-state index contributed by atoms with van der Waals surface area (Å²) < 4.78 is 24.3. The zero-order chi connectivity index (χ0) is 14.6. The Morgan fingerprint density at radius 2 is 1.95 bits per heavy atom. The van der Waals surface area contributed by atoms with E-state index < -0.39 is 9.84 Å². The van der Waals surface area contributed by atoms with Gasteiger partial charge in [-0.1, -0.05) is 18.2 Å². The summed E-state index contributed by atoms with van der Waals surface area (Å²) in [5, 5.41) is 1.03. The lowest BCUT2D eigenvalue weighted by Crippen LogP contribution is -2.25. The summed E-state index contributed by atoms with van der Waals surface area (Å²) >= 11 is 1.64. The van der Waals surface area contributed by atoms with Crippen molar-refractivity contribution in [3.63, 3.8) is 0 Å². The Kier molecular flexibility index (Phi) is 4.91. The van der Waals surface area contributed by atoms with Crippen LogP contribution in [-0.4, -0.2) is 37.6 Å². The van der Waals surface area contributed by atoms with E-state index in [-0.39, 0.29) is 5.75 Å². The van der Waals surface area contributed by atoms with Crippen molar-refractivity contribution in [3.05, 3.63) is 46.4 Å². The van der Waals surface area contributed by atoms with Crippen LogP contribution in [0.15, 0.2) is 41.4 Å². The van der Waals surface area contributed by atoms with Gasteiger partial charge in [-0.05, 0) is 26.1 Å². The van der Waals surface area contributed by atoms with Gasteiger partial charge >= 0.3 is 0 Å². The second-order valence-corrected chi connectivity index (χ2v) is 8.14. The Morgan fingerprint density at radius 1 is 1.25 bits per heavy atom. The Labute approximate surface area is 124 Å². The minimum Gasteiger partial charge on any atom is -0.300 e. The molecule has 0 radical (unpaired) electrons. The molecule has 20 heavy (non-hydrogen) atoms. The number of hydrogen-bond acceptors (Lipinski definition) is 5. The van der Waals surface area contributed by atoms with E-state index in [4.69, 9.17) is 0 Å². The van der Waals surface area contributed by atoms with E-state index >= 15 is 0 Å². The Bertz CT molecular complexity index is 651. The standard InChI is InChI=1S/C14H18N2O2S2/c1-12-15-10-13(19-12)11-16(2)8-9-20(17,18)14-6-4-3-5-7-14/h3-7,10H,8-9,11H2,1-2H3. The van der Waals surface area contributed by atoms with Crippen molar-refractivity contribution >= 4 is 21.2 Å². The highest BCUT2D eigenvalue weighted by Crippen LogP contribution is 2.14. The normalized spacial score (nSPS) is 11.9. The molecule has 1 heterocycles. The fourth-order valence-electron chi connectivity index (χ4n) is 1.85. The predicted octanol–water partition coefficient (Wildman–Crippen LogP) is 2.36. The van der Waals surface area contributed by atoms with Gasteiger partial charge in [0, 0.05) is 24.2 Å². The molecule has 0 amide bonds. The predicted molar refractivity (Wildman–Crippen MR) is 81.7 cm³/mol. The van der Waals surface area contributed by atoms with Crippen molar-refractivity contribution in [2.24, 2.45) is 0 Å². The van der Waals surface area contributed by atoms with Crippen molar-refractivity contribution in [1.29, 1.82) is 0 Å². The zero-order valence-corrected chi connectivity index (χ0v) is 13.2. The highest BCUT2D eigenvalue weighted by Gasteiger charge is 2.15. The number of aryl methyl sites for hydroxylation is 1. The van der Waals surface area contributed by atoms with Gasteiger partial charge in [-0.2, -0.15) is 0 Å². The molecule has 0 fully saturated rings. The smallest absolute Gasteiger partial charge is 0.179 e. The molecule has 2 aromatic rings. The number of nitrogens with zero attached hydrogens (tertiary/aromatic N) is 2. The Morgan fingerprint density at radius 3 is 2.55 bits per heavy atom. The highest BCUT2D eigenvalue weighted by atomic mass is 32.2. The monoisotopic (exact) mass is 310 g/mol. The second-order valence-electron chi connectivity index (χ2n) is 4.72. The van der Waals surface area contributed by atoms with Gasteiger partial charge in [-0.25, -0.2) is 13.4 Å². The first-order valence-corrected chi connectivity index (χ1v) is 8.82. The van der Waals surface area contributed by atoms with Crippen LogP contribution in [0.25, 0.3) is 0 Å². The average Bonchev–Trinajstić information content (AvgIpc) is 2.83. The molecule has 0 aliphatic rings. The first-order chi connectivity index (χ1) is 9.47. The average molecular weight is 310 g/mol. The molecule has 0 N–H and O–H groups in total. The molecule has 0 saturated heterocycles. The molecule has 1 aromatic carbocycles. The van der Waals surface area contributed by atoms with Gasteiger partial charge in [0.05, 0.1) is 15.7 Å². The molecule has 0 bridgehead atoms. The van der Waals surface area contributed by atoms with Crippen LogP contribution in [0.4, 0.5) is 0 Å². The minimum atomic E-state index is -3.20. The van der Waals surface area contributed by atoms with E-state index in [9.17, 15) is 8.42 Å². The minimum absolute atomic E-state index is 0.130. The largest absolute Gasteiger partial charge is 0.300 e. The quantitative estimate of drug-likeness (QED) is 0.822. The molecular weight excluding hydrogens is 292 g/mol. The van der Waals surface area contributed by atoms with Gasteiger partial charge < -0.3 is 4.90 Å². The summed E-state index contributed by atoms with van der Waals surface area (Å²) in [5.74, 6) is 0.130. The lowest BCUT2D eigenvalue weighted by molar-refractivity contribution is 0.349. The van der Waals surface area contributed by atoms with Gasteiger partial charge in [-0.3, -0.25) is 0 Å². The maximum atomic E-state index is 12.2. The number of hydrogen-bond donors (Lipinski definition) is 0. The van der Waals surface area contributed by atoms with Gasteiger partial charge in [0.25, 0.3) is 0 Å². The second kappa shape index (κ2) is 6.47. The van der Waals surface area contributed by atoms with Crippen molar-refractivity contribution in [1.82, 2.24) is 9.88 Å². The molecule has 1 aromatic heterocycles. The van der Waals surface area contributed by atoms with E-state index in [1.54, 1.807) is 35.6 Å². The fourth-order valence-corrected chi connectivity index (χ4v) is 4.08. The molecule has 4 nitrogen and oxygen atoms in total. The number of benzene rings is 1. The topological polar surface area (TPSA) is 50.3 Å². The van der Waals surface area contributed by atoms with Crippen molar-refractivity contribution in [2.45, 2.75) is 18.4 Å². The van der Waals surface area contributed by atoms with E-state index in [0.29, 0.717) is 11.4 Å². The van der Waals surface area contributed by atoms with Crippen LogP contribution in [0.3, 0.4) is 0 Å². The summed E-state index contributed by atoms with van der Waals surface area (Å²) in [7, 11) is -1.27. The first-order valence-electron chi connectivity index (χ1n) is 6.35. The lowest BCUT2D eigenvalue weighted by Gasteiger charge is -2.15. The van der Waals surface area contributed by atoms with Gasteiger partial charge in [0.1, 0.15) is 0 Å². The third-order valence-corrected chi connectivity index (χ3v) is 5.55. The maximum absolute atomic E-state index is 12.2. The summed E-state index contributed by atoms with van der Waals surface area (Å²) in [6.45, 7) is 3.21. The fraction of sp³-hybridized carbons (Fsp3) is 0.357. The van der Waals surface area contributed by atoms with Gasteiger partial charge in [0.15, 0.2) is 9.84 Å². The number of sulfone groups is 1. The van der Waals surface area contributed by atoms with Crippen LogP contribution in [-0.2, 0) is 16.4 Å². The van der Waals surface area contributed by atoms with Gasteiger partial charge in [0.2, 0.25) is 0 Å². The van der Waals surface area contributed by atoms with Crippen LogP contribution in [0.1, 0.15) is 9.88 Å². The van der Waals surface area contributed by atoms with Crippen LogP contribution in [0.2, 0.25) is 0 Å². The maximum Gasteiger partial charge on any atom is 0.179 e. The van der Waals surface area contributed by atoms with Crippen LogP contribution >= 0.6 is 11.3 Å². The van der Waals surface area contributed by atoms with E-state index in [2.05, 4.69) is 4.98 Å². The number of thiazole rings is 1. The molecule has 0 saturated carbocycles. The number of aromatic nitrogens is 1. The van der Waals surface area contributed by atoms with E-state index in [0.717, 1.165) is 16.4 Å². The Balaban J connectivity index is 1.91. The SMILES string of the molecule is Cc1ncc(CN(C)CCS(=O)(=O)c2ccccc2)s1. The zero-order valence-electron chi connectivity index (χ0n) is 11.6. The molecule has 0 spiro atoms. The number of rotatable bonds is 6. The summed E-state index contributed by atoms with van der Waals surface area (Å²) in [6, 6.07) is 8.59. The summed E-state index contributed by atoms with van der Waals surface area (Å²) in [5.41, 5.74) is 0. The van der Waals surface area contributed by atoms with Crippen molar-refractivity contribution in [2.75, 3.05) is 19.3 Å². The molecule has 0 unspecified atom stereocenters. The van der Waals surface area contributed by atoms with Crippen molar-refractivity contribution in [3.8, 4) is 0 Å². The molecular formula is C14H18N2O2S2. The Hall–Kier alpha value is -1.24. The van der Waals surface area contributed by atoms with Gasteiger partial charge in [-0.15, -0.1) is 11.3 Å². The molecule has 0 atom stereocenters. The molecule has 0 aliphatic heterocycles. The molecule has 108 valence electrons. The van der Waals surface area contributed by atoms with Crippen LogP contribution in [0.5, 0.6) is 0 Å². The van der Waals surface area contributed by atoms with E-state index in [1.165, 1.54) is 0 Å². The van der Waals surface area contributed by atoms with E-state index in [1.807, 2.05) is 31.1 Å². The summed E-state index contributed by atoms with van der Waals surface area (Å²) in [6.07, 6.45) is 1.85.